The summed E-state index contributed by atoms with van der Waals surface area (Å²) in [6.07, 6.45) is 4.38. The van der Waals surface area contributed by atoms with Gasteiger partial charge in [-0.1, -0.05) is 12.7 Å². The molecule has 0 aromatic heterocycles. The van der Waals surface area contributed by atoms with Crippen molar-refractivity contribution in [1.82, 2.24) is 0 Å². The second kappa shape index (κ2) is 7.69. The zero-order chi connectivity index (χ0) is 15.1. The largest absolute Gasteiger partial charge is 0.486 e. The van der Waals surface area contributed by atoms with E-state index in [1.165, 1.54) is 6.92 Å². The minimum atomic E-state index is -0.412. The summed E-state index contributed by atoms with van der Waals surface area (Å²) in [6.45, 7) is 5.97. The van der Waals surface area contributed by atoms with Crippen molar-refractivity contribution in [1.29, 1.82) is 0 Å². The molecule has 5 heteroatoms. The average molecular weight is 292 g/mol. The lowest BCUT2D eigenvalue weighted by Crippen LogP contribution is -2.25. The highest BCUT2D eigenvalue weighted by molar-refractivity contribution is 5.70. The molecule has 1 fully saturated rings. The van der Waals surface area contributed by atoms with Gasteiger partial charge in [-0.05, 0) is 25.0 Å². The Labute approximate surface area is 124 Å². The Balaban J connectivity index is 2.10. The fraction of sp³-hybridized carbons (Fsp3) is 0.438. The van der Waals surface area contributed by atoms with E-state index in [0.717, 1.165) is 19.3 Å². The second-order valence-corrected chi connectivity index (χ2v) is 4.72. The van der Waals surface area contributed by atoms with E-state index in [0.29, 0.717) is 30.5 Å². The molecule has 1 aliphatic rings. The maximum Gasteiger partial charge on any atom is 0.308 e. The first-order valence-electron chi connectivity index (χ1n) is 7.03. The van der Waals surface area contributed by atoms with Crippen LogP contribution in [0.3, 0.4) is 0 Å². The van der Waals surface area contributed by atoms with Crippen LogP contribution in [0, 0.1) is 0 Å². The Morgan fingerprint density at radius 1 is 1.43 bits per heavy atom. The van der Waals surface area contributed by atoms with Crippen molar-refractivity contribution in [3.05, 3.63) is 30.9 Å². The van der Waals surface area contributed by atoms with Crippen molar-refractivity contribution in [2.75, 3.05) is 13.2 Å². The number of carbonyl (C=O) groups excluding carboxylic acids is 1. The number of rotatable bonds is 6. The molecule has 0 radical (unpaired) electrons. The van der Waals surface area contributed by atoms with Gasteiger partial charge in [0.25, 0.3) is 0 Å². The summed E-state index contributed by atoms with van der Waals surface area (Å²) < 4.78 is 21.9. The van der Waals surface area contributed by atoms with Gasteiger partial charge < -0.3 is 18.9 Å². The van der Waals surface area contributed by atoms with Gasteiger partial charge in [0, 0.05) is 19.4 Å². The summed E-state index contributed by atoms with van der Waals surface area (Å²) in [7, 11) is 0. The van der Waals surface area contributed by atoms with Crippen LogP contribution in [0.25, 0.3) is 0 Å². The number of ether oxygens (including phenoxy) is 4. The van der Waals surface area contributed by atoms with E-state index in [-0.39, 0.29) is 6.29 Å². The number of hydrogen-bond acceptors (Lipinski definition) is 5. The molecule has 1 aromatic carbocycles. The van der Waals surface area contributed by atoms with Gasteiger partial charge in [0.2, 0.25) is 0 Å². The molecule has 1 saturated heterocycles. The Morgan fingerprint density at radius 3 is 2.95 bits per heavy atom. The summed E-state index contributed by atoms with van der Waals surface area (Å²) in [5, 5.41) is 0. The van der Waals surface area contributed by atoms with E-state index in [2.05, 4.69) is 6.58 Å². The Morgan fingerprint density at radius 2 is 2.29 bits per heavy atom. The summed E-state index contributed by atoms with van der Waals surface area (Å²) >= 11 is 0. The lowest BCUT2D eigenvalue weighted by atomic mass is 10.2. The first-order chi connectivity index (χ1) is 10.2. The highest BCUT2D eigenvalue weighted by Crippen LogP contribution is 2.33. The molecule has 5 nitrogen and oxygen atoms in total. The molecule has 0 bridgehead atoms. The minimum Gasteiger partial charge on any atom is -0.486 e. The molecule has 0 amide bonds. The smallest absolute Gasteiger partial charge is 0.308 e. The normalized spacial score (nSPS) is 17.9. The van der Waals surface area contributed by atoms with Gasteiger partial charge in [-0.3, -0.25) is 4.79 Å². The van der Waals surface area contributed by atoms with Crippen molar-refractivity contribution in [3.8, 4) is 17.2 Å². The SMILES string of the molecule is C=CCOc1ccc(O[C@@H]2CCCCO2)cc1OC(C)=O. The summed E-state index contributed by atoms with van der Waals surface area (Å²) in [5.74, 6) is 0.980. The maximum atomic E-state index is 11.2. The van der Waals surface area contributed by atoms with E-state index >= 15 is 0 Å². The maximum absolute atomic E-state index is 11.2. The summed E-state index contributed by atoms with van der Waals surface area (Å²) in [5.41, 5.74) is 0. The number of benzene rings is 1. The average Bonchev–Trinajstić information content (AvgIpc) is 2.47. The summed E-state index contributed by atoms with van der Waals surface area (Å²) in [6, 6.07) is 5.11. The van der Waals surface area contributed by atoms with Crippen LogP contribution in [0.1, 0.15) is 26.2 Å². The van der Waals surface area contributed by atoms with Crippen LogP contribution in [0.4, 0.5) is 0 Å². The van der Waals surface area contributed by atoms with Crippen molar-refractivity contribution in [2.24, 2.45) is 0 Å². The van der Waals surface area contributed by atoms with Crippen LogP contribution >= 0.6 is 0 Å². The van der Waals surface area contributed by atoms with Gasteiger partial charge >= 0.3 is 5.97 Å². The van der Waals surface area contributed by atoms with Crippen LogP contribution in [-0.4, -0.2) is 25.5 Å². The molecule has 114 valence electrons. The number of hydrogen-bond donors (Lipinski definition) is 0. The molecular formula is C16H20O5. The van der Waals surface area contributed by atoms with Gasteiger partial charge in [-0.25, -0.2) is 0 Å². The highest BCUT2D eigenvalue weighted by Gasteiger charge is 2.17. The van der Waals surface area contributed by atoms with Gasteiger partial charge in [-0.15, -0.1) is 0 Å². The monoisotopic (exact) mass is 292 g/mol. The lowest BCUT2D eigenvalue weighted by molar-refractivity contribution is -0.132. The fourth-order valence-electron chi connectivity index (χ4n) is 2.02. The molecule has 1 aromatic rings. The molecular weight excluding hydrogens is 272 g/mol. The van der Waals surface area contributed by atoms with E-state index in [1.54, 1.807) is 24.3 Å². The first kappa shape index (κ1) is 15.4. The Bertz CT molecular complexity index is 491. The van der Waals surface area contributed by atoms with E-state index < -0.39 is 5.97 Å². The predicted molar refractivity (Wildman–Crippen MR) is 77.7 cm³/mol. The van der Waals surface area contributed by atoms with Gasteiger partial charge in [-0.2, -0.15) is 0 Å². The second-order valence-electron chi connectivity index (χ2n) is 4.72. The van der Waals surface area contributed by atoms with E-state index in [1.807, 2.05) is 0 Å². The zero-order valence-electron chi connectivity index (χ0n) is 12.2. The van der Waals surface area contributed by atoms with Crippen LogP contribution < -0.4 is 14.2 Å². The van der Waals surface area contributed by atoms with Crippen molar-refractivity contribution in [2.45, 2.75) is 32.5 Å². The quantitative estimate of drug-likeness (QED) is 0.458. The van der Waals surface area contributed by atoms with Crippen LogP contribution in [-0.2, 0) is 9.53 Å². The number of carbonyl (C=O) groups is 1. The molecule has 1 heterocycles. The molecule has 0 saturated carbocycles. The third kappa shape index (κ3) is 4.79. The Hall–Kier alpha value is -2.01. The molecule has 0 aliphatic carbocycles. The third-order valence-electron chi connectivity index (χ3n) is 2.93. The Kier molecular flexibility index (Phi) is 5.63. The molecule has 21 heavy (non-hydrogen) atoms. The van der Waals surface area contributed by atoms with Crippen molar-refractivity contribution < 1.29 is 23.7 Å². The van der Waals surface area contributed by atoms with Crippen molar-refractivity contribution >= 4 is 5.97 Å². The third-order valence-corrected chi connectivity index (χ3v) is 2.93. The topological polar surface area (TPSA) is 54.0 Å². The van der Waals surface area contributed by atoms with Crippen molar-refractivity contribution in [3.63, 3.8) is 0 Å². The van der Waals surface area contributed by atoms with E-state index in [4.69, 9.17) is 18.9 Å². The summed E-state index contributed by atoms with van der Waals surface area (Å²) in [4.78, 5) is 11.2. The van der Waals surface area contributed by atoms with Crippen LogP contribution in [0.2, 0.25) is 0 Å². The van der Waals surface area contributed by atoms with Crippen LogP contribution in [0.15, 0.2) is 30.9 Å². The predicted octanol–water partition coefficient (Wildman–Crippen LogP) is 3.08. The van der Waals surface area contributed by atoms with E-state index in [9.17, 15) is 4.79 Å². The molecule has 1 aliphatic heterocycles. The zero-order valence-corrected chi connectivity index (χ0v) is 12.2. The molecule has 0 N–H and O–H groups in total. The molecule has 1 atom stereocenters. The lowest BCUT2D eigenvalue weighted by Gasteiger charge is -2.23. The molecule has 2 rings (SSSR count). The fourth-order valence-corrected chi connectivity index (χ4v) is 2.02. The van der Waals surface area contributed by atoms with Gasteiger partial charge in [0.05, 0.1) is 6.61 Å². The van der Waals surface area contributed by atoms with Crippen LogP contribution in [0.5, 0.6) is 17.2 Å². The van der Waals surface area contributed by atoms with Gasteiger partial charge in [0.1, 0.15) is 12.4 Å². The minimum absolute atomic E-state index is 0.246. The highest BCUT2D eigenvalue weighted by atomic mass is 16.7. The number of esters is 1. The molecule has 0 unspecified atom stereocenters. The first-order valence-corrected chi connectivity index (χ1v) is 7.03. The standard InChI is InChI=1S/C16H20O5/c1-3-9-18-14-8-7-13(11-15(14)20-12(2)17)21-16-6-4-5-10-19-16/h3,7-8,11,16H,1,4-6,9-10H2,2H3/t16-/m1/s1. The molecule has 0 spiro atoms. The van der Waals surface area contributed by atoms with Gasteiger partial charge in [0.15, 0.2) is 17.8 Å².